The lowest BCUT2D eigenvalue weighted by Crippen LogP contribution is -2.47. The minimum absolute atomic E-state index is 0.457. The summed E-state index contributed by atoms with van der Waals surface area (Å²) in [4.78, 5) is 3.05. The molecular weight excluding hydrogens is 430 g/mol. The van der Waals surface area contributed by atoms with Crippen molar-refractivity contribution in [3.8, 4) is 0 Å². The first-order valence-corrected chi connectivity index (χ1v) is 11.8. The molecule has 0 atom stereocenters. The first-order valence-electron chi connectivity index (χ1n) is 9.06. The van der Waals surface area contributed by atoms with Crippen molar-refractivity contribution < 1.29 is 8.42 Å². The summed E-state index contributed by atoms with van der Waals surface area (Å²) in [6.45, 7) is 2.97. The van der Waals surface area contributed by atoms with Crippen LogP contribution in [0.15, 0.2) is 41.9 Å². The van der Waals surface area contributed by atoms with E-state index >= 15 is 0 Å². The van der Waals surface area contributed by atoms with Crippen LogP contribution in [0.25, 0.3) is 17.0 Å². The van der Waals surface area contributed by atoms with Crippen molar-refractivity contribution in [3.63, 3.8) is 0 Å². The topological polar surface area (TPSA) is 92.4 Å². The van der Waals surface area contributed by atoms with Crippen LogP contribution in [0.4, 0.5) is 5.69 Å². The van der Waals surface area contributed by atoms with Crippen molar-refractivity contribution in [2.75, 3.05) is 31.9 Å². The number of nitrogen functional groups attached to an aromatic ring is 1. The normalized spacial score (nSPS) is 16.7. The summed E-state index contributed by atoms with van der Waals surface area (Å²) in [7, 11) is -3.44. The molecule has 2 N–H and O–H groups in total. The molecule has 0 radical (unpaired) electrons. The third kappa shape index (κ3) is 4.76. The van der Waals surface area contributed by atoms with Crippen molar-refractivity contribution in [1.82, 2.24) is 19.4 Å². The zero-order valence-electron chi connectivity index (χ0n) is 15.5. The van der Waals surface area contributed by atoms with Crippen LogP contribution < -0.4 is 5.73 Å². The zero-order valence-corrected chi connectivity index (χ0v) is 17.9. The molecule has 4 rings (SSSR count). The Kier molecular flexibility index (Phi) is 5.84. The third-order valence-electron chi connectivity index (χ3n) is 4.83. The van der Waals surface area contributed by atoms with Gasteiger partial charge in [0.1, 0.15) is 0 Å². The SMILES string of the molecule is Nc1cnnc2cc(CN3CCN(S(=O)(=O)C=Cc4ccc(Cl)s4)CC3)ccc12. The maximum Gasteiger partial charge on any atom is 0.236 e. The smallest absolute Gasteiger partial charge is 0.236 e. The summed E-state index contributed by atoms with van der Waals surface area (Å²) in [5.41, 5.74) is 8.40. The lowest BCUT2D eigenvalue weighted by molar-refractivity contribution is 0.182. The lowest BCUT2D eigenvalue weighted by Gasteiger charge is -2.33. The highest BCUT2D eigenvalue weighted by molar-refractivity contribution is 7.92. The van der Waals surface area contributed by atoms with E-state index in [9.17, 15) is 8.42 Å². The van der Waals surface area contributed by atoms with E-state index < -0.39 is 10.0 Å². The summed E-state index contributed by atoms with van der Waals surface area (Å²) < 4.78 is 27.3. The quantitative estimate of drug-likeness (QED) is 0.643. The Hall–Kier alpha value is -2.04. The molecule has 7 nitrogen and oxygen atoms in total. The van der Waals surface area contributed by atoms with Gasteiger partial charge in [-0.15, -0.1) is 11.3 Å². The molecule has 29 heavy (non-hydrogen) atoms. The number of rotatable bonds is 5. The molecule has 1 saturated heterocycles. The second-order valence-corrected chi connectivity index (χ2v) is 10.4. The first kappa shape index (κ1) is 20.2. The van der Waals surface area contributed by atoms with E-state index in [1.54, 1.807) is 24.4 Å². The number of hydrogen-bond donors (Lipinski definition) is 1. The fraction of sp³-hybridized carbons (Fsp3) is 0.263. The van der Waals surface area contributed by atoms with E-state index in [0.717, 1.165) is 27.9 Å². The van der Waals surface area contributed by atoms with Gasteiger partial charge in [0.2, 0.25) is 10.0 Å². The number of thiophene rings is 1. The summed E-state index contributed by atoms with van der Waals surface area (Å²) in [5.74, 6) is 0. The Labute approximate surface area is 178 Å². The van der Waals surface area contributed by atoms with Crippen molar-refractivity contribution in [2.24, 2.45) is 0 Å². The van der Waals surface area contributed by atoms with Crippen LogP contribution in [0, 0.1) is 0 Å². The van der Waals surface area contributed by atoms with Gasteiger partial charge in [-0.1, -0.05) is 23.7 Å². The van der Waals surface area contributed by atoms with Gasteiger partial charge < -0.3 is 5.73 Å². The third-order valence-corrected chi connectivity index (χ3v) is 7.59. The highest BCUT2D eigenvalue weighted by Crippen LogP contribution is 2.23. The van der Waals surface area contributed by atoms with Crippen LogP contribution in [0.5, 0.6) is 0 Å². The van der Waals surface area contributed by atoms with E-state index in [2.05, 4.69) is 15.1 Å². The molecule has 0 saturated carbocycles. The van der Waals surface area contributed by atoms with E-state index in [-0.39, 0.29) is 0 Å². The molecule has 10 heteroatoms. The fourth-order valence-corrected chi connectivity index (χ4v) is 5.50. The van der Waals surface area contributed by atoms with Crippen LogP contribution in [-0.2, 0) is 16.6 Å². The molecule has 3 heterocycles. The van der Waals surface area contributed by atoms with Crippen molar-refractivity contribution in [1.29, 1.82) is 0 Å². The molecule has 1 aliphatic heterocycles. The minimum atomic E-state index is -3.44. The highest BCUT2D eigenvalue weighted by atomic mass is 35.5. The standard InChI is InChI=1S/C19H20ClN5O2S2/c20-19-4-2-15(28-19)5-10-29(26,27)25-8-6-24(7-9-25)13-14-1-3-16-17(21)12-22-23-18(16)11-14/h1-5,10-12H,6-9,13H2,(H2,21,23). The fourth-order valence-electron chi connectivity index (χ4n) is 3.28. The van der Waals surface area contributed by atoms with Crippen molar-refractivity contribution in [3.05, 3.63) is 56.7 Å². The molecule has 152 valence electrons. The molecule has 0 amide bonds. The summed E-state index contributed by atoms with van der Waals surface area (Å²) in [5, 5.41) is 10.2. The number of anilines is 1. The van der Waals surface area contributed by atoms with E-state index in [1.807, 2.05) is 18.2 Å². The summed E-state index contributed by atoms with van der Waals surface area (Å²) in [6, 6.07) is 9.52. The van der Waals surface area contributed by atoms with Gasteiger partial charge in [0.25, 0.3) is 0 Å². The maximum absolute atomic E-state index is 12.6. The predicted molar refractivity (Wildman–Crippen MR) is 118 cm³/mol. The first-order chi connectivity index (χ1) is 13.9. The molecule has 0 unspecified atom stereocenters. The molecule has 0 spiro atoms. The van der Waals surface area contributed by atoms with Gasteiger partial charge in [0.15, 0.2) is 0 Å². The monoisotopic (exact) mass is 449 g/mol. The van der Waals surface area contributed by atoms with Gasteiger partial charge in [-0.2, -0.15) is 14.5 Å². The predicted octanol–water partition coefficient (Wildman–Crippen LogP) is 3.05. The van der Waals surface area contributed by atoms with Gasteiger partial charge >= 0.3 is 0 Å². The van der Waals surface area contributed by atoms with Crippen molar-refractivity contribution >= 4 is 55.6 Å². The van der Waals surface area contributed by atoms with Gasteiger partial charge in [-0.3, -0.25) is 4.90 Å². The average molecular weight is 450 g/mol. The maximum atomic E-state index is 12.6. The molecule has 0 aliphatic carbocycles. The lowest BCUT2D eigenvalue weighted by atomic mass is 10.1. The van der Waals surface area contributed by atoms with E-state index in [1.165, 1.54) is 21.1 Å². The van der Waals surface area contributed by atoms with Crippen LogP contribution in [0.3, 0.4) is 0 Å². The molecule has 0 bridgehead atoms. The number of nitrogens with two attached hydrogens (primary N) is 1. The molecule has 2 aromatic heterocycles. The molecule has 1 fully saturated rings. The Morgan fingerprint density at radius 3 is 2.69 bits per heavy atom. The number of aromatic nitrogens is 2. The van der Waals surface area contributed by atoms with Gasteiger partial charge in [0, 0.05) is 48.4 Å². The molecule has 1 aromatic carbocycles. The Morgan fingerprint density at radius 1 is 1.17 bits per heavy atom. The zero-order chi connectivity index (χ0) is 20.4. The summed E-state index contributed by atoms with van der Waals surface area (Å²) >= 11 is 7.24. The van der Waals surface area contributed by atoms with Crippen LogP contribution in [-0.4, -0.2) is 54.0 Å². The average Bonchev–Trinajstić information content (AvgIpc) is 3.12. The van der Waals surface area contributed by atoms with Crippen LogP contribution >= 0.6 is 22.9 Å². The van der Waals surface area contributed by atoms with Gasteiger partial charge in [-0.25, -0.2) is 8.42 Å². The van der Waals surface area contributed by atoms with E-state index in [4.69, 9.17) is 17.3 Å². The number of piperazine rings is 1. The van der Waals surface area contributed by atoms with Crippen LogP contribution in [0.2, 0.25) is 4.34 Å². The number of benzene rings is 1. The van der Waals surface area contributed by atoms with Gasteiger partial charge in [-0.05, 0) is 29.8 Å². The Bertz CT molecular complexity index is 1150. The highest BCUT2D eigenvalue weighted by Gasteiger charge is 2.25. The molecular formula is C19H20ClN5O2S2. The van der Waals surface area contributed by atoms with Gasteiger partial charge in [0.05, 0.1) is 21.7 Å². The Morgan fingerprint density at radius 2 is 1.97 bits per heavy atom. The summed E-state index contributed by atoms with van der Waals surface area (Å²) in [6.07, 6.45) is 3.14. The van der Waals surface area contributed by atoms with Crippen LogP contribution in [0.1, 0.15) is 10.4 Å². The second kappa shape index (κ2) is 8.37. The number of hydrogen-bond acceptors (Lipinski definition) is 7. The molecule has 1 aliphatic rings. The largest absolute Gasteiger partial charge is 0.397 e. The van der Waals surface area contributed by atoms with Crippen molar-refractivity contribution in [2.45, 2.75) is 6.54 Å². The minimum Gasteiger partial charge on any atom is -0.397 e. The van der Waals surface area contributed by atoms with E-state index in [0.29, 0.717) is 36.2 Å². The second-order valence-electron chi connectivity index (χ2n) is 6.82. The number of nitrogens with zero attached hydrogens (tertiary/aromatic N) is 4. The number of sulfonamides is 1. The Balaban J connectivity index is 1.37. The number of halogens is 1. The molecule has 3 aromatic rings. The number of fused-ring (bicyclic) bond motifs is 1.